The van der Waals surface area contributed by atoms with Gasteiger partial charge in [0.2, 0.25) is 0 Å². The molecule has 0 N–H and O–H groups in total. The fourth-order valence-corrected chi connectivity index (χ4v) is 1.85. The van der Waals surface area contributed by atoms with Gasteiger partial charge in [0.25, 0.3) is 0 Å². The quantitative estimate of drug-likeness (QED) is 0.318. The molecule has 0 saturated carbocycles. The zero-order chi connectivity index (χ0) is 7.61. The van der Waals surface area contributed by atoms with E-state index in [1.807, 2.05) is 0 Å². The van der Waals surface area contributed by atoms with E-state index in [2.05, 4.69) is 44.6 Å². The molecule has 0 unspecified atom stereocenters. The molecule has 0 spiro atoms. The summed E-state index contributed by atoms with van der Waals surface area (Å²) in [5.41, 5.74) is 0. The molecule has 0 aromatic heterocycles. The molecule has 1 aliphatic rings. The molecule has 0 nitrogen and oxygen atoms in total. The first-order chi connectivity index (χ1) is 4.65. The Bertz CT molecular complexity index is 158. The van der Waals surface area contributed by atoms with Crippen molar-refractivity contribution in [3.05, 3.63) is 24.3 Å². The lowest BCUT2D eigenvalue weighted by atomic mass is 10.1. The van der Waals surface area contributed by atoms with E-state index >= 15 is 0 Å². The van der Waals surface area contributed by atoms with Gasteiger partial charge in [-0.15, -0.1) is 0 Å². The van der Waals surface area contributed by atoms with Crippen molar-refractivity contribution in [3.63, 3.8) is 0 Å². The third kappa shape index (κ3) is 2.49. The van der Waals surface area contributed by atoms with Gasteiger partial charge >= 0.3 is 0 Å². The molecule has 0 saturated heterocycles. The molecule has 0 bridgehead atoms. The summed E-state index contributed by atoms with van der Waals surface area (Å²) in [7, 11) is 0.126. The van der Waals surface area contributed by atoms with E-state index in [1.54, 1.807) is 0 Å². The minimum atomic E-state index is 0. The van der Waals surface area contributed by atoms with Gasteiger partial charge in [0.1, 0.15) is 0 Å². The van der Waals surface area contributed by atoms with Crippen LogP contribution in [0.25, 0.3) is 0 Å². The third-order valence-electron chi connectivity index (χ3n) is 2.15. The Balaban J connectivity index is 0.000001000. The SMILES string of the molecule is CP(C)C1(C)C=CCC=C1.[B]. The highest BCUT2D eigenvalue weighted by molar-refractivity contribution is 7.58. The van der Waals surface area contributed by atoms with Crippen molar-refractivity contribution >= 4 is 16.3 Å². The minimum absolute atomic E-state index is 0. The molecule has 0 atom stereocenters. The van der Waals surface area contributed by atoms with E-state index in [-0.39, 0.29) is 16.3 Å². The lowest BCUT2D eigenvalue weighted by Crippen LogP contribution is -2.16. The number of hydrogen-bond donors (Lipinski definition) is 0. The van der Waals surface area contributed by atoms with Gasteiger partial charge in [0.15, 0.2) is 0 Å². The lowest BCUT2D eigenvalue weighted by Gasteiger charge is -2.29. The first-order valence-corrected chi connectivity index (χ1v) is 5.91. The van der Waals surface area contributed by atoms with Crippen molar-refractivity contribution in [1.29, 1.82) is 0 Å². The Morgan fingerprint density at radius 2 is 1.64 bits per heavy atom. The highest BCUT2D eigenvalue weighted by Gasteiger charge is 2.21. The van der Waals surface area contributed by atoms with Gasteiger partial charge in [-0.1, -0.05) is 32.2 Å². The monoisotopic (exact) mass is 165 g/mol. The maximum Gasteiger partial charge on any atom is 0.0229 e. The van der Waals surface area contributed by atoms with Gasteiger partial charge in [0, 0.05) is 13.6 Å². The van der Waals surface area contributed by atoms with E-state index in [0.29, 0.717) is 5.16 Å². The zero-order valence-electron chi connectivity index (χ0n) is 7.54. The van der Waals surface area contributed by atoms with Crippen LogP contribution in [0.2, 0.25) is 0 Å². The molecule has 1 aliphatic carbocycles. The van der Waals surface area contributed by atoms with Crippen LogP contribution in [0.3, 0.4) is 0 Å². The Hall–Kier alpha value is -0.0251. The zero-order valence-corrected chi connectivity index (χ0v) is 8.44. The van der Waals surface area contributed by atoms with Crippen LogP contribution in [-0.2, 0) is 0 Å². The number of hydrogen-bond acceptors (Lipinski definition) is 0. The van der Waals surface area contributed by atoms with Crippen molar-refractivity contribution < 1.29 is 0 Å². The molecule has 0 amide bonds. The fourth-order valence-electron chi connectivity index (χ4n) is 1.05. The molecule has 11 heavy (non-hydrogen) atoms. The summed E-state index contributed by atoms with van der Waals surface area (Å²) in [6.07, 6.45) is 10.3. The first kappa shape index (κ1) is 11.0. The summed E-state index contributed by atoms with van der Waals surface area (Å²) in [4.78, 5) is 0. The fraction of sp³-hybridized carbons (Fsp3) is 0.556. The smallest absolute Gasteiger partial charge is 0.0229 e. The number of allylic oxidation sites excluding steroid dienone is 4. The predicted molar refractivity (Wildman–Crippen MR) is 55.8 cm³/mol. The van der Waals surface area contributed by atoms with Crippen LogP contribution in [0.15, 0.2) is 24.3 Å². The van der Waals surface area contributed by atoms with Crippen LogP contribution in [0, 0.1) is 0 Å². The Kier molecular flexibility index (Phi) is 4.10. The van der Waals surface area contributed by atoms with Gasteiger partial charge in [-0.3, -0.25) is 0 Å². The van der Waals surface area contributed by atoms with Gasteiger partial charge in [-0.05, 0) is 26.7 Å². The van der Waals surface area contributed by atoms with E-state index in [9.17, 15) is 0 Å². The summed E-state index contributed by atoms with van der Waals surface area (Å²) in [6, 6.07) is 0. The van der Waals surface area contributed by atoms with Crippen molar-refractivity contribution in [2.75, 3.05) is 13.3 Å². The molecule has 59 valence electrons. The van der Waals surface area contributed by atoms with Crippen LogP contribution >= 0.6 is 7.92 Å². The average molecular weight is 165 g/mol. The predicted octanol–water partition coefficient (Wildman–Crippen LogP) is 2.62. The second-order valence-corrected chi connectivity index (χ2v) is 5.91. The summed E-state index contributed by atoms with van der Waals surface area (Å²) < 4.78 is 0. The summed E-state index contributed by atoms with van der Waals surface area (Å²) in [5.74, 6) is 0. The van der Waals surface area contributed by atoms with Crippen LogP contribution in [0.4, 0.5) is 0 Å². The van der Waals surface area contributed by atoms with Crippen LogP contribution in [0.5, 0.6) is 0 Å². The molecule has 0 fully saturated rings. The normalized spacial score (nSPS) is 20.0. The van der Waals surface area contributed by atoms with Crippen molar-refractivity contribution in [1.82, 2.24) is 0 Å². The Labute approximate surface area is 73.1 Å². The third-order valence-corrected chi connectivity index (χ3v) is 4.37. The van der Waals surface area contributed by atoms with Crippen molar-refractivity contribution in [2.24, 2.45) is 0 Å². The van der Waals surface area contributed by atoms with E-state index in [0.717, 1.165) is 6.42 Å². The Morgan fingerprint density at radius 1 is 1.18 bits per heavy atom. The topological polar surface area (TPSA) is 0 Å². The number of rotatable bonds is 1. The van der Waals surface area contributed by atoms with Crippen molar-refractivity contribution in [3.8, 4) is 0 Å². The molecular formula is C9H15BP. The standard InChI is InChI=1S/C9H15P.B/c1-9(10(2)3)7-5-4-6-8-9;/h5-8H,4H2,1-3H3;. The van der Waals surface area contributed by atoms with Gasteiger partial charge in [-0.25, -0.2) is 0 Å². The summed E-state index contributed by atoms with van der Waals surface area (Å²) >= 11 is 0. The van der Waals surface area contributed by atoms with Crippen LogP contribution < -0.4 is 0 Å². The molecule has 0 aromatic rings. The second kappa shape index (κ2) is 4.11. The maximum atomic E-state index is 2.35. The molecule has 2 heteroatoms. The molecule has 0 aromatic carbocycles. The average Bonchev–Trinajstić information content (AvgIpc) is 1.89. The molecule has 1 rings (SSSR count). The van der Waals surface area contributed by atoms with Crippen molar-refractivity contribution in [2.45, 2.75) is 18.5 Å². The Morgan fingerprint density at radius 3 is 1.91 bits per heavy atom. The maximum absolute atomic E-state index is 2.35. The van der Waals surface area contributed by atoms with Crippen LogP contribution in [-0.4, -0.2) is 26.9 Å². The van der Waals surface area contributed by atoms with E-state index in [4.69, 9.17) is 0 Å². The lowest BCUT2D eigenvalue weighted by molar-refractivity contribution is 0.956. The summed E-state index contributed by atoms with van der Waals surface area (Å²) in [5, 5.41) is 0.383. The molecule has 3 radical (unpaired) electrons. The van der Waals surface area contributed by atoms with Gasteiger partial charge < -0.3 is 0 Å². The molecular weight excluding hydrogens is 150 g/mol. The molecule has 0 heterocycles. The van der Waals surface area contributed by atoms with Gasteiger partial charge in [0.05, 0.1) is 0 Å². The highest BCUT2D eigenvalue weighted by Crippen LogP contribution is 2.46. The highest BCUT2D eigenvalue weighted by atomic mass is 31.1. The second-order valence-electron chi connectivity index (χ2n) is 3.16. The first-order valence-electron chi connectivity index (χ1n) is 3.68. The van der Waals surface area contributed by atoms with Crippen LogP contribution in [0.1, 0.15) is 13.3 Å². The van der Waals surface area contributed by atoms with Gasteiger partial charge in [-0.2, -0.15) is 0 Å². The minimum Gasteiger partial charge on any atom is -0.0990 e. The van der Waals surface area contributed by atoms with E-state index in [1.165, 1.54) is 0 Å². The summed E-state index contributed by atoms with van der Waals surface area (Å²) in [6.45, 7) is 6.97. The van der Waals surface area contributed by atoms with E-state index < -0.39 is 0 Å². The largest absolute Gasteiger partial charge is 0.0990 e. The molecule has 0 aliphatic heterocycles.